The summed E-state index contributed by atoms with van der Waals surface area (Å²) in [5, 5.41) is 76.3. The van der Waals surface area contributed by atoms with Crippen LogP contribution in [0.3, 0.4) is 0 Å². The van der Waals surface area contributed by atoms with Gasteiger partial charge in [0.2, 0.25) is 11.6 Å². The summed E-state index contributed by atoms with van der Waals surface area (Å²) in [7, 11) is 0. The average molecular weight is 342 g/mol. The molecule has 2 heterocycles. The van der Waals surface area contributed by atoms with E-state index in [2.05, 4.69) is 0 Å². The van der Waals surface area contributed by atoms with Crippen molar-refractivity contribution < 1.29 is 55.1 Å². The van der Waals surface area contributed by atoms with Crippen LogP contribution >= 0.6 is 0 Å². The van der Waals surface area contributed by atoms with Gasteiger partial charge in [0.05, 0.1) is 19.8 Å². The second kappa shape index (κ2) is 6.82. The lowest BCUT2D eigenvalue weighted by Gasteiger charge is -2.26. The van der Waals surface area contributed by atoms with Gasteiger partial charge in [0.15, 0.2) is 0 Å². The molecule has 0 bridgehead atoms. The van der Waals surface area contributed by atoms with E-state index in [0.29, 0.717) is 0 Å². The molecule has 8 N–H and O–H groups in total. The zero-order valence-corrected chi connectivity index (χ0v) is 12.1. The van der Waals surface area contributed by atoms with Gasteiger partial charge in [-0.2, -0.15) is 0 Å². The van der Waals surface area contributed by atoms with Crippen molar-refractivity contribution in [3.8, 4) is 0 Å². The molecule has 2 fully saturated rings. The SMILES string of the molecule is OCC1OC(O)(COCC2OC(O)(CO)C(O)C2O)C(O)C1O. The minimum Gasteiger partial charge on any atom is -0.394 e. The van der Waals surface area contributed by atoms with Crippen LogP contribution in [0.1, 0.15) is 0 Å². The minimum atomic E-state index is -2.33. The molecule has 0 amide bonds. The van der Waals surface area contributed by atoms with Crippen molar-refractivity contribution >= 4 is 0 Å². The first-order valence-corrected chi connectivity index (χ1v) is 7.00. The van der Waals surface area contributed by atoms with Crippen LogP contribution in [0, 0.1) is 0 Å². The fraction of sp³-hybridized carbons (Fsp3) is 1.00. The van der Waals surface area contributed by atoms with Gasteiger partial charge in [0.25, 0.3) is 0 Å². The second-order valence-electron chi connectivity index (χ2n) is 5.73. The fourth-order valence-corrected chi connectivity index (χ4v) is 2.59. The van der Waals surface area contributed by atoms with Crippen LogP contribution in [-0.2, 0) is 14.2 Å². The summed E-state index contributed by atoms with van der Waals surface area (Å²) in [5.74, 6) is -4.60. The van der Waals surface area contributed by atoms with E-state index in [-0.39, 0.29) is 0 Å². The van der Waals surface area contributed by atoms with Gasteiger partial charge in [0.1, 0.15) is 43.2 Å². The van der Waals surface area contributed by atoms with Gasteiger partial charge in [-0.15, -0.1) is 0 Å². The van der Waals surface area contributed by atoms with E-state index in [1.165, 1.54) is 0 Å². The highest BCUT2D eigenvalue weighted by Gasteiger charge is 2.55. The minimum absolute atomic E-state index is 0.418. The van der Waals surface area contributed by atoms with Gasteiger partial charge in [-0.25, -0.2) is 0 Å². The van der Waals surface area contributed by atoms with Crippen LogP contribution in [-0.4, -0.2) is 115 Å². The molecule has 0 spiro atoms. The number of rotatable bonds is 6. The van der Waals surface area contributed by atoms with Crippen molar-refractivity contribution in [2.75, 3.05) is 26.4 Å². The zero-order valence-electron chi connectivity index (χ0n) is 12.1. The van der Waals surface area contributed by atoms with Crippen LogP contribution in [0.15, 0.2) is 0 Å². The van der Waals surface area contributed by atoms with Crippen molar-refractivity contribution in [1.29, 1.82) is 0 Å². The lowest BCUT2D eigenvalue weighted by Crippen LogP contribution is -2.47. The molecule has 11 heteroatoms. The van der Waals surface area contributed by atoms with E-state index in [1.807, 2.05) is 0 Å². The molecule has 0 radical (unpaired) electrons. The van der Waals surface area contributed by atoms with Crippen molar-refractivity contribution in [2.45, 2.75) is 48.2 Å². The fourth-order valence-electron chi connectivity index (χ4n) is 2.59. The van der Waals surface area contributed by atoms with Crippen molar-refractivity contribution in [1.82, 2.24) is 0 Å². The number of aliphatic hydroxyl groups is 8. The van der Waals surface area contributed by atoms with E-state index in [0.717, 1.165) is 0 Å². The van der Waals surface area contributed by atoms with E-state index >= 15 is 0 Å². The van der Waals surface area contributed by atoms with Crippen LogP contribution in [0.4, 0.5) is 0 Å². The molecule has 2 saturated heterocycles. The number of ether oxygens (including phenoxy) is 3. The largest absolute Gasteiger partial charge is 0.394 e. The van der Waals surface area contributed by atoms with Gasteiger partial charge >= 0.3 is 0 Å². The predicted molar refractivity (Wildman–Crippen MR) is 68.7 cm³/mol. The molecule has 0 aromatic heterocycles. The highest BCUT2D eigenvalue weighted by atomic mass is 16.7. The van der Waals surface area contributed by atoms with Gasteiger partial charge in [-0.3, -0.25) is 0 Å². The normalized spacial score (nSPS) is 50.6. The Morgan fingerprint density at radius 3 is 1.83 bits per heavy atom. The smallest absolute Gasteiger partial charge is 0.219 e. The quantitative estimate of drug-likeness (QED) is 0.230. The Bertz CT molecular complexity index is 408. The molecule has 2 aliphatic rings. The molecule has 0 aromatic rings. The first-order valence-electron chi connectivity index (χ1n) is 7.00. The summed E-state index contributed by atoms with van der Waals surface area (Å²) in [4.78, 5) is 0. The number of aliphatic hydroxyl groups excluding tert-OH is 6. The molecule has 11 nitrogen and oxygen atoms in total. The third kappa shape index (κ3) is 3.36. The van der Waals surface area contributed by atoms with Crippen LogP contribution in [0.2, 0.25) is 0 Å². The van der Waals surface area contributed by atoms with E-state index in [4.69, 9.17) is 24.4 Å². The third-order valence-corrected chi connectivity index (χ3v) is 4.04. The molecule has 8 unspecified atom stereocenters. The topological polar surface area (TPSA) is 190 Å². The first-order chi connectivity index (χ1) is 10.7. The predicted octanol–water partition coefficient (Wildman–Crippen LogP) is -5.39. The van der Waals surface area contributed by atoms with Crippen LogP contribution < -0.4 is 0 Å². The second-order valence-corrected chi connectivity index (χ2v) is 5.73. The molecular weight excluding hydrogens is 320 g/mol. The van der Waals surface area contributed by atoms with Gasteiger partial charge in [-0.05, 0) is 0 Å². The monoisotopic (exact) mass is 342 g/mol. The van der Waals surface area contributed by atoms with Crippen molar-refractivity contribution in [2.24, 2.45) is 0 Å². The average Bonchev–Trinajstić information content (AvgIpc) is 2.88. The Labute approximate surface area is 130 Å². The summed E-state index contributed by atoms with van der Waals surface area (Å²) in [6.45, 7) is -2.63. The molecule has 2 aliphatic heterocycles. The highest BCUT2D eigenvalue weighted by Crippen LogP contribution is 2.31. The Morgan fingerprint density at radius 2 is 1.35 bits per heavy atom. The lowest BCUT2D eigenvalue weighted by molar-refractivity contribution is -0.268. The summed E-state index contributed by atoms with van der Waals surface area (Å²) in [5.41, 5.74) is 0. The molecule has 136 valence electrons. The Balaban J connectivity index is 1.88. The third-order valence-electron chi connectivity index (χ3n) is 4.04. The molecule has 0 aliphatic carbocycles. The lowest BCUT2D eigenvalue weighted by atomic mass is 10.1. The molecule has 8 atom stereocenters. The molecular formula is C12H22O11. The summed E-state index contributed by atoms with van der Waals surface area (Å²) < 4.78 is 14.9. The Hall–Kier alpha value is -0.440. The number of hydrogen-bond donors (Lipinski definition) is 8. The Morgan fingerprint density at radius 1 is 0.826 bits per heavy atom. The van der Waals surface area contributed by atoms with Gasteiger partial charge in [0, 0.05) is 0 Å². The van der Waals surface area contributed by atoms with Crippen molar-refractivity contribution in [3.63, 3.8) is 0 Å². The molecule has 0 saturated carbocycles. The van der Waals surface area contributed by atoms with Gasteiger partial charge in [-0.1, -0.05) is 0 Å². The first kappa shape index (κ1) is 18.9. The molecule has 2 rings (SSSR count). The standard InChI is InChI=1S/C12H22O11/c13-1-5-7(15)10(18)12(20,22-5)4-21-2-6-8(16)9(17)11(19,3-14)23-6/h5-10,13-20H,1-4H2. The van der Waals surface area contributed by atoms with Gasteiger partial charge < -0.3 is 55.1 Å². The molecule has 23 heavy (non-hydrogen) atoms. The highest BCUT2D eigenvalue weighted by molar-refractivity contribution is 4.97. The summed E-state index contributed by atoms with van der Waals surface area (Å²) in [6, 6.07) is 0. The maximum absolute atomic E-state index is 10.1. The van der Waals surface area contributed by atoms with E-state index in [9.17, 15) is 30.6 Å². The summed E-state index contributed by atoms with van der Waals surface area (Å²) >= 11 is 0. The maximum Gasteiger partial charge on any atom is 0.219 e. The van der Waals surface area contributed by atoms with Crippen LogP contribution in [0.25, 0.3) is 0 Å². The Kier molecular flexibility index (Phi) is 5.60. The molecule has 0 aromatic carbocycles. The number of hydrogen-bond acceptors (Lipinski definition) is 11. The van der Waals surface area contributed by atoms with E-state index < -0.39 is 74.6 Å². The summed E-state index contributed by atoms with van der Waals surface area (Å²) in [6.07, 6.45) is -8.93. The van der Waals surface area contributed by atoms with Crippen LogP contribution in [0.5, 0.6) is 0 Å². The van der Waals surface area contributed by atoms with Crippen molar-refractivity contribution in [3.05, 3.63) is 0 Å². The van der Waals surface area contributed by atoms with E-state index in [1.54, 1.807) is 0 Å². The zero-order chi connectivity index (χ0) is 17.4. The maximum atomic E-state index is 10.1.